The van der Waals surface area contributed by atoms with Crippen LogP contribution in [0.25, 0.3) is 0 Å². The minimum atomic E-state index is -6.35. The Morgan fingerprint density at radius 2 is 0.521 bits per heavy atom. The largest absolute Gasteiger partial charge is 1.00 e. The maximum atomic E-state index is 12.5. The van der Waals surface area contributed by atoms with Crippen molar-refractivity contribution in [2.24, 2.45) is 0 Å². The van der Waals surface area contributed by atoms with E-state index in [1.54, 1.807) is 0 Å². The molecule has 0 bridgehead atoms. The molecule has 0 radical (unpaired) electrons. The predicted molar refractivity (Wildman–Crippen MR) is 257 cm³/mol. The van der Waals surface area contributed by atoms with Crippen molar-refractivity contribution in [2.75, 3.05) is 6.61 Å². The van der Waals surface area contributed by atoms with E-state index in [1.807, 2.05) is 6.92 Å². The first-order chi connectivity index (χ1) is 39.7. The molecule has 0 aromatic rings. The molecule has 25 atom stereocenters. The summed E-state index contributed by atoms with van der Waals surface area (Å²) in [4.78, 5) is 0. The van der Waals surface area contributed by atoms with Crippen LogP contribution in [-0.4, -0.2) is 271 Å². The van der Waals surface area contributed by atoms with Crippen molar-refractivity contribution in [3.8, 4) is 0 Å². The van der Waals surface area contributed by atoms with Gasteiger partial charge in [-0.3, -0.25) is 29.3 Å². The van der Waals surface area contributed by atoms with Crippen molar-refractivity contribution < 1.29 is 395 Å². The van der Waals surface area contributed by atoms with Crippen LogP contribution in [-0.2, 0) is 149 Å². The van der Waals surface area contributed by atoms with E-state index in [0.717, 1.165) is 60.3 Å². The van der Waals surface area contributed by atoms with Crippen LogP contribution >= 0.6 is 0 Å². The monoisotopic (exact) mass is 1570 g/mol. The summed E-state index contributed by atoms with van der Waals surface area (Å²) in [6.45, 7) is 6.31. The van der Waals surface area contributed by atoms with Crippen LogP contribution in [0.1, 0.15) is 80.1 Å². The quantitative estimate of drug-likeness (QED) is 0.0224. The molecule has 56 heteroatoms. The summed E-state index contributed by atoms with van der Waals surface area (Å²) in [5.41, 5.74) is 0. The van der Waals surface area contributed by atoms with Gasteiger partial charge in [-0.15, -0.1) is 0 Å². The molecule has 0 spiro atoms. The van der Waals surface area contributed by atoms with E-state index in [1.165, 1.54) is 0 Å². The smallest absolute Gasteiger partial charge is 0.726 e. The summed E-state index contributed by atoms with van der Waals surface area (Å²) in [7, 11) is -43.4. The molecule has 514 valence electrons. The molecule has 0 unspecified atom stereocenters. The minimum absolute atomic E-state index is 0. The molecule has 4 N–H and O–H groups in total. The Bertz CT molecular complexity index is 3100. The van der Waals surface area contributed by atoms with Crippen LogP contribution in [0.2, 0.25) is 0 Å². The van der Waals surface area contributed by atoms with Crippen LogP contribution < -0.4 is 207 Å². The molecule has 94 heavy (non-hydrogen) atoms. The maximum Gasteiger partial charge on any atom is 1.00 e. The number of hydrogen-bond donors (Lipinski definition) is 4. The molecule has 5 saturated heterocycles. The fraction of sp³-hybridized carbons (Fsp3) is 1.00. The Balaban J connectivity index is -0.0000118. The molecule has 5 rings (SSSR count). The zero-order valence-electron chi connectivity index (χ0n) is 52.5. The molecule has 0 aromatic heterocycles. The third kappa shape index (κ3) is 33.2. The van der Waals surface area contributed by atoms with Crippen LogP contribution in [0.15, 0.2) is 0 Å². The van der Waals surface area contributed by atoms with E-state index in [9.17, 15) is 111 Å². The summed E-state index contributed by atoms with van der Waals surface area (Å²) in [6.07, 6.45) is -58.3. The van der Waals surface area contributed by atoms with Gasteiger partial charge in [0, 0.05) is 6.61 Å². The summed E-state index contributed by atoms with van der Waals surface area (Å²) < 4.78 is 344. The number of rotatable bonds is 30. The number of ether oxygens (including phenoxy) is 10. The molecule has 5 fully saturated rings. The van der Waals surface area contributed by atoms with Crippen LogP contribution in [0.4, 0.5) is 0 Å². The Morgan fingerprint density at radius 3 is 0.851 bits per heavy atom. The fourth-order valence-electron chi connectivity index (χ4n) is 9.56. The van der Waals surface area contributed by atoms with Gasteiger partial charge in [-0.1, -0.05) is 39.0 Å². The summed E-state index contributed by atoms with van der Waals surface area (Å²) in [5.74, 6) is 0. The third-order valence-corrected chi connectivity index (χ3v) is 16.5. The van der Waals surface area contributed by atoms with E-state index in [4.69, 9.17) is 47.4 Å². The Kier molecular flexibility index (Phi) is 48.2. The molecular formula is C38H61Na7O42S7. The fourth-order valence-corrected chi connectivity index (χ4v) is 12.9. The predicted octanol–water partition coefficient (Wildman–Crippen LogP) is -28.0. The van der Waals surface area contributed by atoms with Crippen molar-refractivity contribution in [1.82, 2.24) is 0 Å². The van der Waals surface area contributed by atoms with Crippen molar-refractivity contribution in [3.05, 3.63) is 0 Å². The van der Waals surface area contributed by atoms with E-state index in [0.29, 0.717) is 12.8 Å². The average molecular weight is 1580 g/mol. The van der Waals surface area contributed by atoms with E-state index in [2.05, 4.69) is 29.3 Å². The molecule has 0 aliphatic carbocycles. The van der Waals surface area contributed by atoms with E-state index in [-0.39, 0.29) is 214 Å². The van der Waals surface area contributed by atoms with Crippen molar-refractivity contribution >= 4 is 72.8 Å². The van der Waals surface area contributed by atoms with Crippen molar-refractivity contribution in [2.45, 2.75) is 234 Å². The first-order valence-corrected chi connectivity index (χ1v) is 34.7. The Morgan fingerprint density at radius 1 is 0.287 bits per heavy atom. The van der Waals surface area contributed by atoms with Gasteiger partial charge in [0.2, 0.25) is 72.8 Å². The molecule has 42 nitrogen and oxygen atoms in total. The molecule has 5 aliphatic rings. The van der Waals surface area contributed by atoms with Gasteiger partial charge in [0.05, 0.1) is 30.5 Å². The van der Waals surface area contributed by atoms with E-state index < -0.39 is 226 Å². The van der Waals surface area contributed by atoms with Crippen LogP contribution in [0.5, 0.6) is 0 Å². The summed E-state index contributed by atoms with van der Waals surface area (Å²) in [6, 6.07) is 0. The van der Waals surface area contributed by atoms with Gasteiger partial charge >= 0.3 is 207 Å². The zero-order chi connectivity index (χ0) is 65.9. The second-order valence-corrected chi connectivity index (χ2v) is 26.9. The van der Waals surface area contributed by atoms with Gasteiger partial charge in [-0.2, -0.15) is 0 Å². The topological polar surface area (TPSA) is 638 Å². The second kappa shape index (κ2) is 43.7. The van der Waals surface area contributed by atoms with Crippen molar-refractivity contribution in [1.29, 1.82) is 0 Å². The Hall–Kier alpha value is 5.53. The Labute approximate surface area is 697 Å². The standard InChI is InChI=1S/C38H68O42S7.7Na/c1-7-8-9-10-11-12-13-64-34-30(77-84(52,53)54)25(20(40)15(3)65-34)72-37-33(80-87(61,62)63)29(76-83(49,50)51)24(18(6)69-37)71-36-31(78-85(55,56)57)26(21(41)16(4)67-36)73-38-32(79-86(58,59)60)28(75-82(46,47)48)23(17(5)68-38)70-35-27(74-81(43,44)45)22(42)19(39)14(2)66-35;;;;;;;/h14-42H,7-13H2,1-6H3,(H,43,44,45)(H,46,47,48)(H,49,50,51)(H,52,53,54)(H,55,56,57)(H,58,59,60)(H,61,62,63);;;;;;;/q;7*+1/p-7/t14-,15-,16-,17-,18-,19+,20+,21+,22+,23+,24+,25+,26+,27-,28+,29+,30-,31-,32-,33-,34-,35-,36-,37-,38-;;;;;;;/m0......./s1. The van der Waals surface area contributed by atoms with Crippen molar-refractivity contribution in [3.63, 3.8) is 0 Å². The third-order valence-electron chi connectivity index (χ3n) is 13.3. The van der Waals surface area contributed by atoms with E-state index >= 15 is 0 Å². The molecule has 0 amide bonds. The summed E-state index contributed by atoms with van der Waals surface area (Å²) in [5, 5.41) is 43.8. The normalized spacial score (nSPS) is 36.8. The minimum Gasteiger partial charge on any atom is -0.726 e. The molecule has 0 aromatic carbocycles. The van der Waals surface area contributed by atoms with Gasteiger partial charge in [0.25, 0.3) is 0 Å². The second-order valence-electron chi connectivity index (χ2n) is 19.8. The molecule has 0 saturated carbocycles. The van der Waals surface area contributed by atoms with Gasteiger partial charge in [0.1, 0.15) is 61.0 Å². The summed E-state index contributed by atoms with van der Waals surface area (Å²) >= 11 is 0. The van der Waals surface area contributed by atoms with Gasteiger partial charge < -0.3 is 99.7 Å². The van der Waals surface area contributed by atoms with Gasteiger partial charge in [-0.25, -0.2) is 58.9 Å². The molecule has 5 heterocycles. The maximum absolute atomic E-state index is 12.5. The average Bonchev–Trinajstić information content (AvgIpc) is 0.797. The number of aliphatic hydroxyl groups excluding tert-OH is 4. The first kappa shape index (κ1) is 104. The van der Waals surface area contributed by atoms with Gasteiger partial charge in [0.15, 0.2) is 62.0 Å². The molecule has 5 aliphatic heterocycles. The van der Waals surface area contributed by atoms with Crippen LogP contribution in [0, 0.1) is 0 Å². The number of unbranched alkanes of at least 4 members (excludes halogenated alkanes) is 5. The zero-order valence-corrected chi connectivity index (χ0v) is 72.3. The number of aliphatic hydroxyl groups is 4. The molecular weight excluding hydrogens is 1510 g/mol. The van der Waals surface area contributed by atoms with Crippen LogP contribution in [0.3, 0.4) is 0 Å². The SMILES string of the molecule is CCCCCCCCO[C@H]1O[C@@H](C)[C@@H](O)[C@@H](O[C@@H]2O[C@@H](C)[C@@H](O[C@@H]3O[C@@H](C)[C@@H](O)[C@@H](O[C@@H]4O[C@@H](C)[C@@H](O[C@@H]5O[C@@H](C)[C@@H](O)[C@@H](O)[C@@H]5OS(=O)(=O)[O-])[C@@H](OS(=O)(=O)[O-])[C@@H]4OS(=O)(=O)[O-])[C@@H]3OS(=O)(=O)[O-])[C@@H](OS(=O)(=O)[O-])[C@@H]2OS(=O)(=O)[O-])[C@@H]1OS(=O)(=O)[O-].[Na+].[Na+].[Na+].[Na+].[Na+].[Na+].[Na+]. The van der Waals surface area contributed by atoms with Gasteiger partial charge in [-0.05, 0) is 41.0 Å². The number of hydrogen-bond acceptors (Lipinski definition) is 42. The first-order valence-electron chi connectivity index (χ1n) is 25.4.